The third-order valence-electron chi connectivity index (χ3n) is 1.91. The van der Waals surface area contributed by atoms with Crippen molar-refractivity contribution in [1.29, 1.82) is 0 Å². The lowest BCUT2D eigenvalue weighted by Crippen LogP contribution is -2.19. The summed E-state index contributed by atoms with van der Waals surface area (Å²) >= 11 is 0. The molecule has 1 aromatic carbocycles. The van der Waals surface area contributed by atoms with Crippen LogP contribution in [0.2, 0.25) is 0 Å². The normalized spacial score (nSPS) is 11.2. The molecule has 0 aliphatic heterocycles. The number of carboxylic acid groups (broad SMARTS) is 1. The van der Waals surface area contributed by atoms with Gasteiger partial charge in [-0.3, -0.25) is 0 Å². The van der Waals surface area contributed by atoms with Crippen molar-refractivity contribution in [3.8, 4) is 5.75 Å². The van der Waals surface area contributed by atoms with Crippen molar-refractivity contribution in [2.45, 2.75) is 19.7 Å². The number of hydrogen-bond donors (Lipinski definition) is 1. The molecule has 0 bridgehead atoms. The van der Waals surface area contributed by atoms with E-state index >= 15 is 0 Å². The minimum absolute atomic E-state index is 0.489. The fourth-order valence-electron chi connectivity index (χ4n) is 1.18. The van der Waals surface area contributed by atoms with Gasteiger partial charge >= 0.3 is 12.3 Å². The number of carboxylic acids is 1. The Morgan fingerprint density at radius 2 is 2.06 bits per heavy atom. The lowest BCUT2D eigenvalue weighted by atomic mass is 10.1. The minimum atomic E-state index is -4.89. The van der Waals surface area contributed by atoms with Crippen molar-refractivity contribution in [3.05, 3.63) is 29.3 Å². The fraction of sp³-hybridized carbons (Fsp3) is 0.300. The maximum atomic E-state index is 12.0. The predicted molar refractivity (Wildman–Crippen MR) is 49.5 cm³/mol. The summed E-state index contributed by atoms with van der Waals surface area (Å²) in [5, 5.41) is 8.74. The Hall–Kier alpha value is -1.72. The van der Waals surface area contributed by atoms with Crippen LogP contribution in [0.25, 0.3) is 0 Å². The summed E-state index contributed by atoms with van der Waals surface area (Å²) in [5.74, 6) is -2.15. The zero-order valence-corrected chi connectivity index (χ0v) is 8.34. The van der Waals surface area contributed by atoms with Crippen molar-refractivity contribution in [3.63, 3.8) is 0 Å². The summed E-state index contributed by atoms with van der Waals surface area (Å²) in [7, 11) is 0. The molecule has 6 heteroatoms. The molecule has 1 rings (SSSR count). The number of aryl methyl sites for hydroxylation is 1. The molecule has 0 aliphatic rings. The van der Waals surface area contributed by atoms with E-state index in [1.54, 1.807) is 6.92 Å². The number of aromatic carboxylic acids is 1. The average molecular weight is 234 g/mol. The number of hydrogen-bond acceptors (Lipinski definition) is 2. The lowest BCUT2D eigenvalue weighted by molar-refractivity contribution is -0.274. The highest BCUT2D eigenvalue weighted by Gasteiger charge is 2.32. The van der Waals surface area contributed by atoms with Crippen LogP contribution in [0.4, 0.5) is 13.2 Å². The highest BCUT2D eigenvalue weighted by atomic mass is 19.4. The number of benzene rings is 1. The van der Waals surface area contributed by atoms with E-state index in [1.165, 1.54) is 12.1 Å². The van der Waals surface area contributed by atoms with Gasteiger partial charge < -0.3 is 9.84 Å². The average Bonchev–Trinajstić information content (AvgIpc) is 2.15. The number of carbonyl (C=O) groups is 1. The zero-order chi connectivity index (χ0) is 12.3. The summed E-state index contributed by atoms with van der Waals surface area (Å²) in [6.07, 6.45) is -4.36. The molecule has 1 N–H and O–H groups in total. The van der Waals surface area contributed by atoms with Crippen LogP contribution in [0.5, 0.6) is 5.75 Å². The topological polar surface area (TPSA) is 46.5 Å². The second-order valence-electron chi connectivity index (χ2n) is 3.04. The van der Waals surface area contributed by atoms with Gasteiger partial charge in [0.15, 0.2) is 0 Å². The highest BCUT2D eigenvalue weighted by Crippen LogP contribution is 2.27. The van der Waals surface area contributed by atoms with Crippen LogP contribution in [-0.2, 0) is 6.42 Å². The fourth-order valence-corrected chi connectivity index (χ4v) is 1.18. The van der Waals surface area contributed by atoms with Gasteiger partial charge in [-0.1, -0.05) is 13.0 Å². The van der Waals surface area contributed by atoms with Gasteiger partial charge in [0, 0.05) is 0 Å². The first-order chi connectivity index (χ1) is 7.33. The van der Waals surface area contributed by atoms with Crippen molar-refractivity contribution in [1.82, 2.24) is 0 Å². The van der Waals surface area contributed by atoms with Gasteiger partial charge in [-0.25, -0.2) is 4.79 Å². The van der Waals surface area contributed by atoms with Gasteiger partial charge in [0.1, 0.15) is 11.3 Å². The maximum absolute atomic E-state index is 12.0. The van der Waals surface area contributed by atoms with Crippen LogP contribution in [0.1, 0.15) is 22.8 Å². The van der Waals surface area contributed by atoms with E-state index < -0.39 is 23.6 Å². The van der Waals surface area contributed by atoms with E-state index in [-0.39, 0.29) is 0 Å². The Bertz CT molecular complexity index is 399. The van der Waals surface area contributed by atoms with E-state index in [4.69, 9.17) is 5.11 Å². The van der Waals surface area contributed by atoms with Crippen molar-refractivity contribution < 1.29 is 27.8 Å². The van der Waals surface area contributed by atoms with Gasteiger partial charge in [-0.05, 0) is 24.1 Å². The smallest absolute Gasteiger partial charge is 0.478 e. The van der Waals surface area contributed by atoms with E-state index in [1.807, 2.05) is 0 Å². The molecular weight excluding hydrogens is 225 g/mol. The molecule has 0 radical (unpaired) electrons. The van der Waals surface area contributed by atoms with Gasteiger partial charge in [-0.2, -0.15) is 0 Å². The van der Waals surface area contributed by atoms with E-state index in [0.29, 0.717) is 12.0 Å². The van der Waals surface area contributed by atoms with E-state index in [9.17, 15) is 18.0 Å². The van der Waals surface area contributed by atoms with Crippen molar-refractivity contribution >= 4 is 5.97 Å². The maximum Gasteiger partial charge on any atom is 0.573 e. The zero-order valence-electron chi connectivity index (χ0n) is 8.34. The van der Waals surface area contributed by atoms with Gasteiger partial charge in [0.05, 0.1) is 0 Å². The van der Waals surface area contributed by atoms with Gasteiger partial charge in [-0.15, -0.1) is 13.2 Å². The van der Waals surface area contributed by atoms with Crippen LogP contribution in [-0.4, -0.2) is 17.4 Å². The second-order valence-corrected chi connectivity index (χ2v) is 3.04. The van der Waals surface area contributed by atoms with Crippen LogP contribution in [0, 0.1) is 0 Å². The van der Waals surface area contributed by atoms with E-state index in [0.717, 1.165) is 6.07 Å². The van der Waals surface area contributed by atoms with Crippen LogP contribution in [0.3, 0.4) is 0 Å². The third-order valence-corrected chi connectivity index (χ3v) is 1.91. The molecule has 0 unspecified atom stereocenters. The quantitative estimate of drug-likeness (QED) is 0.874. The number of rotatable bonds is 3. The Labute approximate surface area is 89.5 Å². The molecule has 0 atom stereocenters. The molecule has 0 heterocycles. The van der Waals surface area contributed by atoms with Gasteiger partial charge in [0.2, 0.25) is 0 Å². The molecule has 0 saturated carbocycles. The number of alkyl halides is 3. The Kier molecular flexibility index (Phi) is 3.41. The van der Waals surface area contributed by atoms with Crippen molar-refractivity contribution in [2.75, 3.05) is 0 Å². The molecule has 0 aliphatic carbocycles. The first-order valence-electron chi connectivity index (χ1n) is 4.45. The first-order valence-corrected chi connectivity index (χ1v) is 4.45. The summed E-state index contributed by atoms with van der Waals surface area (Å²) in [4.78, 5) is 10.7. The standard InChI is InChI=1S/C10H9F3O3/c1-2-6-3-4-8(16-10(11,12)13)7(5-6)9(14)15/h3-5H,2H2,1H3,(H,14,15). The van der Waals surface area contributed by atoms with E-state index in [2.05, 4.69) is 4.74 Å². The van der Waals surface area contributed by atoms with Crippen LogP contribution in [0.15, 0.2) is 18.2 Å². The molecule has 3 nitrogen and oxygen atoms in total. The summed E-state index contributed by atoms with van der Waals surface area (Å²) in [6.45, 7) is 1.77. The molecule has 0 spiro atoms. The predicted octanol–water partition coefficient (Wildman–Crippen LogP) is 2.85. The Morgan fingerprint density at radius 1 is 1.44 bits per heavy atom. The number of ether oxygens (including phenoxy) is 1. The number of halogens is 3. The molecule has 1 aromatic rings. The van der Waals surface area contributed by atoms with Crippen LogP contribution >= 0.6 is 0 Å². The molecule has 16 heavy (non-hydrogen) atoms. The first kappa shape index (κ1) is 12.4. The summed E-state index contributed by atoms with van der Waals surface area (Å²) < 4.78 is 39.5. The van der Waals surface area contributed by atoms with Crippen LogP contribution < -0.4 is 4.74 Å². The summed E-state index contributed by atoms with van der Waals surface area (Å²) in [5.41, 5.74) is 0.142. The molecule has 88 valence electrons. The third kappa shape index (κ3) is 3.15. The minimum Gasteiger partial charge on any atom is -0.478 e. The second kappa shape index (κ2) is 4.42. The Morgan fingerprint density at radius 3 is 2.50 bits per heavy atom. The molecule has 0 saturated heterocycles. The molecule has 0 amide bonds. The van der Waals surface area contributed by atoms with Gasteiger partial charge in [0.25, 0.3) is 0 Å². The highest BCUT2D eigenvalue weighted by molar-refractivity contribution is 5.91. The summed E-state index contributed by atoms with van der Waals surface area (Å²) in [6, 6.07) is 3.58. The SMILES string of the molecule is CCc1ccc(OC(F)(F)F)c(C(=O)O)c1. The van der Waals surface area contributed by atoms with Crippen molar-refractivity contribution in [2.24, 2.45) is 0 Å². The Balaban J connectivity index is 3.13. The molecule has 0 aromatic heterocycles. The largest absolute Gasteiger partial charge is 0.573 e. The molecule has 0 fully saturated rings. The molecular formula is C10H9F3O3. The lowest BCUT2D eigenvalue weighted by Gasteiger charge is -2.11. The monoisotopic (exact) mass is 234 g/mol.